The maximum Gasteiger partial charge on any atom is 0.135 e. The Labute approximate surface area is 289 Å². The van der Waals surface area contributed by atoms with Crippen molar-refractivity contribution < 1.29 is 31.8 Å². The van der Waals surface area contributed by atoms with E-state index >= 15 is 0 Å². The Morgan fingerprint density at radius 1 is 0.356 bits per heavy atom. The van der Waals surface area contributed by atoms with Gasteiger partial charge in [0.05, 0.1) is 27.4 Å². The zero-order valence-electron chi connectivity index (χ0n) is 43.0. The van der Waals surface area contributed by atoms with Gasteiger partial charge in [0.1, 0.15) is 11.2 Å². The van der Waals surface area contributed by atoms with E-state index in [4.69, 9.17) is 23.6 Å². The van der Waals surface area contributed by atoms with E-state index in [9.17, 15) is 8.22 Å². The molecule has 8 aromatic carbocycles. The van der Waals surface area contributed by atoms with Gasteiger partial charge >= 0.3 is 0 Å². The normalized spacial score (nSPS) is 17.8. The highest BCUT2D eigenvalue weighted by molar-refractivity contribution is 6.22. The second kappa shape index (κ2) is 10.4. The average Bonchev–Trinajstić information content (AvgIpc) is 3.71. The summed E-state index contributed by atoms with van der Waals surface area (Å²) in [5.74, 6) is 0. The van der Waals surface area contributed by atoms with Gasteiger partial charge in [-0.2, -0.15) is 0 Å². The van der Waals surface area contributed by atoms with Gasteiger partial charge < -0.3 is 4.42 Å². The van der Waals surface area contributed by atoms with Gasteiger partial charge in [0, 0.05) is 10.8 Å². The molecule has 210 valence electrons. The second-order valence-electron chi connectivity index (χ2n) is 10.1. The molecule has 0 amide bonds. The summed E-state index contributed by atoms with van der Waals surface area (Å²) in [5, 5.41) is 0.537. The molecule has 0 aliphatic carbocycles. The molecule has 45 heavy (non-hydrogen) atoms. The molecule has 1 aromatic heterocycles. The van der Waals surface area contributed by atoms with Gasteiger partial charge in [-0.25, -0.2) is 0 Å². The fourth-order valence-electron chi connectivity index (χ4n) is 5.72. The van der Waals surface area contributed by atoms with Crippen LogP contribution >= 0.6 is 0 Å². The summed E-state index contributed by atoms with van der Waals surface area (Å²) >= 11 is 0. The predicted molar refractivity (Wildman–Crippen MR) is 190 cm³/mol. The minimum Gasteiger partial charge on any atom is -0.456 e. The molecule has 0 atom stereocenters. The summed E-state index contributed by atoms with van der Waals surface area (Å²) in [6.07, 6.45) is 0. The summed E-state index contributed by atoms with van der Waals surface area (Å²) in [5.41, 5.74) is -2.77. The molecule has 0 unspecified atom stereocenters. The maximum atomic E-state index is 9.49. The molecule has 0 bridgehead atoms. The Morgan fingerprint density at radius 3 is 1.60 bits per heavy atom. The largest absolute Gasteiger partial charge is 0.456 e. The molecular weight excluding hydrogens is 544 g/mol. The van der Waals surface area contributed by atoms with Gasteiger partial charge in [-0.1, -0.05) is 151 Å². The number of hydrogen-bond acceptors (Lipinski definition) is 1. The molecule has 0 N–H and O–H groups in total. The van der Waals surface area contributed by atoms with Gasteiger partial charge in [-0.05, 0) is 84.2 Å². The summed E-state index contributed by atoms with van der Waals surface area (Å²) in [6.45, 7) is 0. The molecule has 0 radical (unpaired) electrons. The first-order valence-electron chi connectivity index (χ1n) is 23.8. The van der Waals surface area contributed by atoms with Gasteiger partial charge in [-0.3, -0.25) is 0 Å². The van der Waals surface area contributed by atoms with Crippen LogP contribution in [0, 0.1) is 0 Å². The molecule has 0 aliphatic rings. The van der Waals surface area contributed by atoms with Crippen molar-refractivity contribution in [3.05, 3.63) is 169 Å². The number of rotatable bonds is 4. The highest BCUT2D eigenvalue weighted by Crippen LogP contribution is 2.46. The Bertz CT molecular complexity index is 3550. The summed E-state index contributed by atoms with van der Waals surface area (Å²) in [7, 11) is 0. The Morgan fingerprint density at radius 2 is 0.889 bits per heavy atom. The summed E-state index contributed by atoms with van der Waals surface area (Å²) in [6, 6.07) is -0.435. The number of fused-ring (bicyclic) bond motifs is 5. The topological polar surface area (TPSA) is 13.1 Å². The lowest BCUT2D eigenvalue weighted by molar-refractivity contribution is 0.669. The van der Waals surface area contributed by atoms with Crippen molar-refractivity contribution in [1.82, 2.24) is 0 Å². The molecule has 0 spiro atoms. The quantitative estimate of drug-likeness (QED) is 0.185. The lowest BCUT2D eigenvalue weighted by Gasteiger charge is -2.19. The number of hydrogen-bond donors (Lipinski definition) is 0. The van der Waals surface area contributed by atoms with E-state index in [1.54, 1.807) is 48.5 Å². The Balaban J connectivity index is 1.40. The van der Waals surface area contributed by atoms with E-state index in [1.165, 1.54) is 0 Å². The molecule has 0 saturated carbocycles. The average molecular weight is 593 g/mol. The van der Waals surface area contributed by atoms with Crippen LogP contribution in [-0.2, 0) is 0 Å². The monoisotopic (exact) mass is 592 g/mol. The van der Waals surface area contributed by atoms with Crippen LogP contribution in [0.4, 0.5) is 0 Å². The molecule has 1 heterocycles. The van der Waals surface area contributed by atoms with E-state index < -0.39 is 143 Å². The van der Waals surface area contributed by atoms with E-state index in [-0.39, 0.29) is 65.7 Å². The lowest BCUT2D eigenvalue weighted by Crippen LogP contribution is -1.92. The van der Waals surface area contributed by atoms with Gasteiger partial charge in [-0.15, -0.1) is 0 Å². The zero-order valence-corrected chi connectivity index (χ0v) is 23.0. The fraction of sp³-hybridized carbons (Fsp3) is 0. The van der Waals surface area contributed by atoms with Crippen LogP contribution < -0.4 is 0 Å². The molecule has 1 nitrogen and oxygen atoms in total. The zero-order chi connectivity index (χ0) is 47.1. The van der Waals surface area contributed by atoms with E-state index in [0.29, 0.717) is 0 Å². The number of furan rings is 1. The molecule has 9 rings (SSSR count). The van der Waals surface area contributed by atoms with Crippen LogP contribution in [0.1, 0.15) is 27.4 Å². The molecule has 0 fully saturated rings. The molecule has 9 aromatic rings. The van der Waals surface area contributed by atoms with Gasteiger partial charge in [0.2, 0.25) is 0 Å². The first-order valence-corrected chi connectivity index (χ1v) is 13.8. The van der Waals surface area contributed by atoms with Gasteiger partial charge in [0.25, 0.3) is 0 Å². The minimum atomic E-state index is -0.726. The first kappa shape index (κ1) is 12.6. The predicted octanol–water partition coefficient (Wildman–Crippen LogP) is 12.6. The number of para-hydroxylation sites is 1. The summed E-state index contributed by atoms with van der Waals surface area (Å²) in [4.78, 5) is 0. The molecule has 0 saturated heterocycles. The van der Waals surface area contributed by atoms with Crippen molar-refractivity contribution in [1.29, 1.82) is 0 Å². The van der Waals surface area contributed by atoms with E-state index in [0.717, 1.165) is 0 Å². The lowest BCUT2D eigenvalue weighted by atomic mass is 9.83. The van der Waals surface area contributed by atoms with Crippen LogP contribution in [0.15, 0.2) is 174 Å². The van der Waals surface area contributed by atoms with Crippen molar-refractivity contribution in [3.63, 3.8) is 0 Å². The Kier molecular flexibility index (Phi) is 2.90. The third kappa shape index (κ3) is 4.17. The second-order valence-corrected chi connectivity index (χ2v) is 10.1. The molecule has 0 aliphatic heterocycles. The van der Waals surface area contributed by atoms with E-state index in [2.05, 4.69) is 0 Å². The highest BCUT2D eigenvalue weighted by atomic mass is 16.3. The van der Waals surface area contributed by atoms with E-state index in [1.807, 2.05) is 0 Å². The number of benzene rings is 8. The van der Waals surface area contributed by atoms with Crippen molar-refractivity contribution in [2.75, 3.05) is 0 Å². The summed E-state index contributed by atoms with van der Waals surface area (Å²) < 4.78 is 182. The van der Waals surface area contributed by atoms with Crippen LogP contribution in [0.25, 0.3) is 88.0 Å². The minimum absolute atomic E-state index is 0.152. The van der Waals surface area contributed by atoms with Crippen LogP contribution in [0.2, 0.25) is 0 Å². The third-order valence-electron chi connectivity index (χ3n) is 7.63. The van der Waals surface area contributed by atoms with Crippen LogP contribution in [-0.4, -0.2) is 0 Å². The van der Waals surface area contributed by atoms with Crippen molar-refractivity contribution in [2.45, 2.75) is 0 Å². The van der Waals surface area contributed by atoms with Crippen LogP contribution in [0.3, 0.4) is 0 Å². The van der Waals surface area contributed by atoms with Crippen molar-refractivity contribution in [3.8, 4) is 44.5 Å². The SMILES string of the molecule is [2H]c1c([2H])c([2H])c(-c2c([2H])c([2H])c([2H])c([2H])c2-c2c3ccccc3c(-c3c([2H])c([2H])c(-c4c([2H])c([2H])c5oc6c([2H])c([2H])c([2H])c([2H])c6c5c4[2H])c([2H])c3[2H])c3ccccc23)c([2H])c1[2H]. The highest BCUT2D eigenvalue weighted by Gasteiger charge is 2.18. The van der Waals surface area contributed by atoms with Crippen molar-refractivity contribution in [2.24, 2.45) is 0 Å². The maximum absolute atomic E-state index is 9.49. The van der Waals surface area contributed by atoms with Crippen LogP contribution in [0.5, 0.6) is 0 Å². The smallest absolute Gasteiger partial charge is 0.135 e. The molecule has 1 heteroatoms. The Hall–Kier alpha value is -5.92. The first-order chi connectivity index (χ1) is 30.7. The fourth-order valence-corrected chi connectivity index (χ4v) is 5.72. The molecular formula is C44H28O. The van der Waals surface area contributed by atoms with Gasteiger partial charge in [0.15, 0.2) is 0 Å². The third-order valence-corrected chi connectivity index (χ3v) is 7.63. The standard InChI is InChI=1S/C44H28O/c1-2-12-30(13-3-1)33-14-4-5-16-35(33)44-38-19-8-6-17-36(38)43(37-18-7-9-20-39(37)44)31-24-22-29(23-25-31)32-26-27-42-40(28-32)34-15-10-11-21-41(34)45-42/h1-28H/i1D,2D,3D,4D,5D,10D,11D,12D,13D,14D,15D,16D,21D,22D,23D,24D,25D,26D,27D,28D. The van der Waals surface area contributed by atoms with Crippen molar-refractivity contribution >= 4 is 43.5 Å².